The van der Waals surface area contributed by atoms with E-state index in [-0.39, 0.29) is 9.75 Å². The predicted molar refractivity (Wildman–Crippen MR) is 56.2 cm³/mol. The number of Topliss-reactive ketones (excluding diaryl/α,β-unsaturated/α-hetero) is 2. The zero-order valence-corrected chi connectivity index (χ0v) is 10.1. The maximum atomic E-state index is 12.6. The molecule has 10 heteroatoms. The lowest BCUT2D eigenvalue weighted by Gasteiger charge is -2.17. The Labute approximate surface area is 111 Å². The quantitative estimate of drug-likeness (QED) is 0.515. The molecule has 1 heterocycles. The molecule has 0 unspecified atom stereocenters. The molecular weight excluding hydrogens is 311 g/mol. The minimum absolute atomic E-state index is 0.302. The molecule has 1 aromatic heterocycles. The van der Waals surface area contributed by atoms with Gasteiger partial charge in [0.15, 0.2) is 5.78 Å². The first-order valence-electron chi connectivity index (χ1n) is 4.81. The van der Waals surface area contributed by atoms with Gasteiger partial charge < -0.3 is 5.11 Å². The Morgan fingerprint density at radius 3 is 1.95 bits per heavy atom. The van der Waals surface area contributed by atoms with Crippen molar-refractivity contribution in [2.45, 2.75) is 18.5 Å². The molecule has 0 radical (unpaired) electrons. The second kappa shape index (κ2) is 5.27. The van der Waals surface area contributed by atoms with Gasteiger partial charge in [-0.1, -0.05) is 0 Å². The van der Waals surface area contributed by atoms with Crippen LogP contribution < -0.4 is 0 Å². The highest BCUT2D eigenvalue weighted by Crippen LogP contribution is 2.37. The van der Waals surface area contributed by atoms with Gasteiger partial charge in [-0.25, -0.2) is 4.79 Å². The molecule has 0 aliphatic rings. The number of carbonyl (C=O) groups excluding carboxylic acids is 2. The van der Waals surface area contributed by atoms with E-state index < -0.39 is 36.1 Å². The van der Waals surface area contributed by atoms with E-state index in [2.05, 4.69) is 0 Å². The van der Waals surface area contributed by atoms with E-state index in [1.54, 1.807) is 0 Å². The highest BCUT2D eigenvalue weighted by Gasteiger charge is 2.62. The van der Waals surface area contributed by atoms with Gasteiger partial charge in [-0.3, -0.25) is 9.59 Å². The van der Waals surface area contributed by atoms with Gasteiger partial charge >= 0.3 is 18.1 Å². The molecule has 4 nitrogen and oxygen atoms in total. The molecule has 0 spiro atoms. The van der Waals surface area contributed by atoms with Crippen LogP contribution >= 0.6 is 11.3 Å². The van der Waals surface area contributed by atoms with Gasteiger partial charge in [-0.05, 0) is 12.1 Å². The predicted octanol–water partition coefficient (Wildman–Crippen LogP) is 2.79. The highest BCUT2D eigenvalue weighted by molar-refractivity contribution is 7.15. The standard InChI is InChI=1S/C10H5F5O4S/c11-9(12,10(13,14)15)7(17)3-4(16)5-1-2-6(20-5)8(18)19/h1-2H,3H2,(H,18,19). The van der Waals surface area contributed by atoms with E-state index in [0.29, 0.717) is 11.3 Å². The van der Waals surface area contributed by atoms with Crippen LogP contribution in [-0.2, 0) is 4.79 Å². The van der Waals surface area contributed by atoms with Crippen LogP contribution in [0.5, 0.6) is 0 Å². The van der Waals surface area contributed by atoms with Crippen molar-refractivity contribution in [2.24, 2.45) is 0 Å². The molecule has 110 valence electrons. The first kappa shape index (κ1) is 16.2. The molecule has 20 heavy (non-hydrogen) atoms. The molecule has 0 amide bonds. The third kappa shape index (κ3) is 3.18. The summed E-state index contributed by atoms with van der Waals surface area (Å²) in [5.41, 5.74) is 0. The molecule has 0 saturated heterocycles. The number of ketones is 2. The van der Waals surface area contributed by atoms with Gasteiger partial charge in [0, 0.05) is 0 Å². The van der Waals surface area contributed by atoms with Crippen LogP contribution in [0.1, 0.15) is 25.8 Å². The summed E-state index contributed by atoms with van der Waals surface area (Å²) >= 11 is 0.382. The Balaban J connectivity index is 2.85. The van der Waals surface area contributed by atoms with Crippen molar-refractivity contribution in [3.8, 4) is 0 Å². The number of rotatable bonds is 5. The summed E-state index contributed by atoms with van der Waals surface area (Å²) in [7, 11) is 0. The molecule has 0 aliphatic heterocycles. The van der Waals surface area contributed by atoms with E-state index in [0.717, 1.165) is 12.1 Å². The topological polar surface area (TPSA) is 71.4 Å². The molecule has 0 atom stereocenters. The molecule has 1 N–H and O–H groups in total. The van der Waals surface area contributed by atoms with Gasteiger partial charge in [0.1, 0.15) is 4.88 Å². The van der Waals surface area contributed by atoms with E-state index in [1.807, 2.05) is 0 Å². The number of hydrogen-bond donors (Lipinski definition) is 1. The Hall–Kier alpha value is -1.84. The first-order valence-corrected chi connectivity index (χ1v) is 5.62. The third-order valence-electron chi connectivity index (χ3n) is 2.12. The number of halogens is 5. The minimum Gasteiger partial charge on any atom is -0.477 e. The lowest BCUT2D eigenvalue weighted by Crippen LogP contribution is -2.44. The smallest absolute Gasteiger partial charge is 0.461 e. The van der Waals surface area contributed by atoms with Crippen molar-refractivity contribution >= 4 is 28.9 Å². The number of alkyl halides is 5. The molecule has 0 aromatic carbocycles. The van der Waals surface area contributed by atoms with Crippen LogP contribution in [-0.4, -0.2) is 34.7 Å². The first-order chi connectivity index (χ1) is 8.96. The number of carbonyl (C=O) groups is 3. The Bertz CT molecular complexity index is 560. The van der Waals surface area contributed by atoms with E-state index in [4.69, 9.17) is 5.11 Å². The lowest BCUT2D eigenvalue weighted by atomic mass is 10.1. The average molecular weight is 316 g/mol. The van der Waals surface area contributed by atoms with E-state index in [9.17, 15) is 36.3 Å². The maximum Gasteiger partial charge on any atom is 0.461 e. The zero-order chi connectivity index (χ0) is 15.7. The molecule has 0 saturated carbocycles. The number of aromatic carboxylic acids is 1. The highest BCUT2D eigenvalue weighted by atomic mass is 32.1. The van der Waals surface area contributed by atoms with Crippen LogP contribution in [0.4, 0.5) is 22.0 Å². The van der Waals surface area contributed by atoms with Gasteiger partial charge in [-0.2, -0.15) is 22.0 Å². The number of thiophene rings is 1. The summed E-state index contributed by atoms with van der Waals surface area (Å²) in [5.74, 6) is -10.9. The van der Waals surface area contributed by atoms with E-state index in [1.165, 1.54) is 0 Å². The normalized spacial score (nSPS) is 12.2. The summed E-state index contributed by atoms with van der Waals surface area (Å²) in [6, 6.07) is 1.92. The van der Waals surface area contributed by atoms with Crippen LogP contribution in [0.2, 0.25) is 0 Å². The summed E-state index contributed by atoms with van der Waals surface area (Å²) < 4.78 is 60.9. The van der Waals surface area contributed by atoms with Crippen molar-refractivity contribution in [2.75, 3.05) is 0 Å². The Morgan fingerprint density at radius 1 is 1.05 bits per heavy atom. The molecule has 1 aromatic rings. The van der Waals surface area contributed by atoms with Crippen molar-refractivity contribution in [3.05, 3.63) is 21.9 Å². The second-order valence-electron chi connectivity index (χ2n) is 3.56. The maximum absolute atomic E-state index is 12.6. The number of carboxylic acids is 1. The minimum atomic E-state index is -6.08. The largest absolute Gasteiger partial charge is 0.477 e. The zero-order valence-electron chi connectivity index (χ0n) is 9.33. The Kier molecular flexibility index (Phi) is 4.27. The van der Waals surface area contributed by atoms with Crippen LogP contribution in [0.15, 0.2) is 12.1 Å². The van der Waals surface area contributed by atoms with Crippen molar-refractivity contribution in [1.82, 2.24) is 0 Å². The molecular formula is C10H5F5O4S. The number of carboxylic acid groups (broad SMARTS) is 1. The average Bonchev–Trinajstić information content (AvgIpc) is 2.76. The van der Waals surface area contributed by atoms with Gasteiger partial charge in [-0.15, -0.1) is 11.3 Å². The molecule has 0 fully saturated rings. The van der Waals surface area contributed by atoms with Gasteiger partial charge in [0.2, 0.25) is 5.78 Å². The molecule has 1 rings (SSSR count). The van der Waals surface area contributed by atoms with Crippen LogP contribution in [0.3, 0.4) is 0 Å². The summed E-state index contributed by atoms with van der Waals surface area (Å²) in [5, 5.41) is 8.56. The van der Waals surface area contributed by atoms with Gasteiger partial charge in [0.05, 0.1) is 11.3 Å². The van der Waals surface area contributed by atoms with Crippen molar-refractivity contribution in [1.29, 1.82) is 0 Å². The summed E-state index contributed by atoms with van der Waals surface area (Å²) in [4.78, 5) is 32.0. The Morgan fingerprint density at radius 2 is 1.55 bits per heavy atom. The van der Waals surface area contributed by atoms with Crippen molar-refractivity contribution in [3.63, 3.8) is 0 Å². The fourth-order valence-electron chi connectivity index (χ4n) is 1.10. The van der Waals surface area contributed by atoms with Crippen LogP contribution in [0, 0.1) is 0 Å². The fourth-order valence-corrected chi connectivity index (χ4v) is 1.89. The lowest BCUT2D eigenvalue weighted by molar-refractivity contribution is -0.268. The molecule has 0 aliphatic carbocycles. The number of hydrogen-bond acceptors (Lipinski definition) is 4. The van der Waals surface area contributed by atoms with Crippen LogP contribution in [0.25, 0.3) is 0 Å². The summed E-state index contributed by atoms with van der Waals surface area (Å²) in [6.45, 7) is 0. The SMILES string of the molecule is O=C(O)c1ccc(C(=O)CC(=O)C(F)(F)C(F)(F)F)s1. The second-order valence-corrected chi connectivity index (χ2v) is 4.65. The van der Waals surface area contributed by atoms with Gasteiger partial charge in [0.25, 0.3) is 0 Å². The third-order valence-corrected chi connectivity index (χ3v) is 3.23. The fraction of sp³-hybridized carbons (Fsp3) is 0.300. The molecule has 0 bridgehead atoms. The summed E-state index contributed by atoms with van der Waals surface area (Å²) in [6.07, 6.45) is -7.74. The monoisotopic (exact) mass is 316 g/mol. The van der Waals surface area contributed by atoms with E-state index >= 15 is 0 Å². The van der Waals surface area contributed by atoms with Crippen molar-refractivity contribution < 1.29 is 41.4 Å².